The molecule has 2 amide bonds. The van der Waals surface area contributed by atoms with Crippen LogP contribution in [0.15, 0.2) is 78.9 Å². The van der Waals surface area contributed by atoms with Gasteiger partial charge in [-0.15, -0.1) is 0 Å². The van der Waals surface area contributed by atoms with Gasteiger partial charge in [0.15, 0.2) is 0 Å². The van der Waals surface area contributed by atoms with Crippen LogP contribution in [0, 0.1) is 20.8 Å². The van der Waals surface area contributed by atoms with Crippen molar-refractivity contribution in [3.63, 3.8) is 0 Å². The second-order valence-electron chi connectivity index (χ2n) is 7.98. The molecule has 4 nitrogen and oxygen atoms in total. The molecule has 0 aromatic heterocycles. The van der Waals surface area contributed by atoms with Gasteiger partial charge in [-0.1, -0.05) is 78.4 Å². The largest absolute Gasteiger partial charge is 0.300 e. The van der Waals surface area contributed by atoms with E-state index in [2.05, 4.69) is 0 Å². The number of para-hydroxylation sites is 1. The first-order valence-electron chi connectivity index (χ1n) is 10.5. The van der Waals surface area contributed by atoms with Gasteiger partial charge in [0.25, 0.3) is 5.91 Å². The molecule has 1 saturated heterocycles. The SMILES string of the molecule is Cc1ccc(N2C(=O)CN(c3c(C)cccc3C)C(=O)[C@@H]2/C=C/c2ccccc2)cc1. The number of nitrogens with zero attached hydrogens (tertiary/aromatic N) is 2. The van der Waals surface area contributed by atoms with E-state index in [9.17, 15) is 9.59 Å². The fraction of sp³-hybridized carbons (Fsp3) is 0.185. The third-order valence-electron chi connectivity index (χ3n) is 5.65. The number of carbonyl (C=O) groups is 2. The Kier molecular flexibility index (Phi) is 5.72. The molecule has 3 aromatic rings. The zero-order valence-corrected chi connectivity index (χ0v) is 18.1. The van der Waals surface area contributed by atoms with Gasteiger partial charge < -0.3 is 4.90 Å². The van der Waals surface area contributed by atoms with Crippen LogP contribution in [-0.2, 0) is 9.59 Å². The number of carbonyl (C=O) groups excluding carboxylic acids is 2. The maximum atomic E-state index is 13.7. The molecule has 1 atom stereocenters. The normalized spacial score (nSPS) is 16.9. The van der Waals surface area contributed by atoms with E-state index in [0.29, 0.717) is 0 Å². The van der Waals surface area contributed by atoms with Crippen molar-refractivity contribution in [3.8, 4) is 0 Å². The average Bonchev–Trinajstić information content (AvgIpc) is 2.76. The lowest BCUT2D eigenvalue weighted by Crippen LogP contribution is -2.60. The minimum atomic E-state index is -0.719. The summed E-state index contributed by atoms with van der Waals surface area (Å²) in [4.78, 5) is 30.3. The predicted molar refractivity (Wildman–Crippen MR) is 126 cm³/mol. The third kappa shape index (κ3) is 4.15. The van der Waals surface area contributed by atoms with Crippen LogP contribution in [0.1, 0.15) is 22.3 Å². The fourth-order valence-corrected chi connectivity index (χ4v) is 4.08. The van der Waals surface area contributed by atoms with Crippen molar-refractivity contribution in [3.05, 3.63) is 101 Å². The number of piperazine rings is 1. The first-order valence-corrected chi connectivity index (χ1v) is 10.5. The van der Waals surface area contributed by atoms with Gasteiger partial charge in [0, 0.05) is 5.69 Å². The van der Waals surface area contributed by atoms with E-state index in [0.717, 1.165) is 33.6 Å². The molecular formula is C27H26N2O2. The first kappa shape index (κ1) is 20.6. The lowest BCUT2D eigenvalue weighted by Gasteiger charge is -2.40. The zero-order chi connectivity index (χ0) is 22.0. The predicted octanol–water partition coefficient (Wildman–Crippen LogP) is 5.07. The average molecular weight is 411 g/mol. The van der Waals surface area contributed by atoms with Crippen molar-refractivity contribution >= 4 is 29.3 Å². The highest BCUT2D eigenvalue weighted by Crippen LogP contribution is 2.31. The Morgan fingerprint density at radius 1 is 0.806 bits per heavy atom. The minimum absolute atomic E-state index is 0.0219. The lowest BCUT2D eigenvalue weighted by atomic mass is 10.0. The molecule has 0 N–H and O–H groups in total. The molecule has 0 radical (unpaired) electrons. The van der Waals surface area contributed by atoms with E-state index in [1.54, 1.807) is 9.80 Å². The van der Waals surface area contributed by atoms with Crippen LogP contribution in [0.2, 0.25) is 0 Å². The van der Waals surface area contributed by atoms with Gasteiger partial charge >= 0.3 is 0 Å². The Morgan fingerprint density at radius 2 is 1.45 bits per heavy atom. The maximum absolute atomic E-state index is 13.7. The summed E-state index contributed by atoms with van der Waals surface area (Å²) >= 11 is 0. The lowest BCUT2D eigenvalue weighted by molar-refractivity contribution is -0.127. The van der Waals surface area contributed by atoms with Gasteiger partial charge in [0.1, 0.15) is 12.6 Å². The molecule has 31 heavy (non-hydrogen) atoms. The second-order valence-corrected chi connectivity index (χ2v) is 7.98. The summed E-state index contributed by atoms with van der Waals surface area (Å²) in [5.74, 6) is -0.210. The van der Waals surface area contributed by atoms with Crippen molar-refractivity contribution in [2.75, 3.05) is 16.3 Å². The molecule has 0 spiro atoms. The molecule has 1 heterocycles. The topological polar surface area (TPSA) is 40.6 Å². The molecule has 1 aliphatic heterocycles. The van der Waals surface area contributed by atoms with Gasteiger partial charge in [-0.2, -0.15) is 0 Å². The standard InChI is InChI=1S/C27H26N2O2/c1-19-12-15-23(16-13-19)29-24(17-14-22-10-5-4-6-11-22)27(31)28(18-25(29)30)26-20(2)8-7-9-21(26)3/h4-17,24H,18H2,1-3H3/b17-14+/t24-/m0/s1. The van der Waals surface area contributed by atoms with E-state index in [1.807, 2.05) is 106 Å². The van der Waals surface area contributed by atoms with Crippen LogP contribution in [0.25, 0.3) is 6.08 Å². The maximum Gasteiger partial charge on any atom is 0.254 e. The molecular weight excluding hydrogens is 384 g/mol. The van der Waals surface area contributed by atoms with Crippen LogP contribution in [0.3, 0.4) is 0 Å². The highest BCUT2D eigenvalue weighted by Gasteiger charge is 2.40. The Morgan fingerprint density at radius 3 is 2.10 bits per heavy atom. The molecule has 4 rings (SSSR count). The summed E-state index contributed by atoms with van der Waals surface area (Å²) in [7, 11) is 0. The van der Waals surface area contributed by atoms with Gasteiger partial charge in [-0.3, -0.25) is 14.5 Å². The number of amides is 2. The molecule has 0 bridgehead atoms. The number of benzene rings is 3. The van der Waals surface area contributed by atoms with E-state index >= 15 is 0 Å². The summed E-state index contributed by atoms with van der Waals surface area (Å²) < 4.78 is 0. The van der Waals surface area contributed by atoms with Crippen molar-refractivity contribution in [2.45, 2.75) is 26.8 Å². The minimum Gasteiger partial charge on any atom is -0.300 e. The quantitative estimate of drug-likeness (QED) is 0.602. The van der Waals surface area contributed by atoms with Gasteiger partial charge in [-0.25, -0.2) is 0 Å². The molecule has 1 fully saturated rings. The van der Waals surface area contributed by atoms with Crippen molar-refractivity contribution < 1.29 is 9.59 Å². The molecule has 0 saturated carbocycles. The number of rotatable bonds is 4. The monoisotopic (exact) mass is 410 g/mol. The summed E-state index contributed by atoms with van der Waals surface area (Å²) in [6.07, 6.45) is 3.74. The van der Waals surface area contributed by atoms with E-state index in [4.69, 9.17) is 0 Å². The van der Waals surface area contributed by atoms with Crippen LogP contribution < -0.4 is 9.80 Å². The summed E-state index contributed by atoms with van der Waals surface area (Å²) in [6, 6.07) is 22.7. The zero-order valence-electron chi connectivity index (χ0n) is 18.1. The first-order chi connectivity index (χ1) is 15.0. The Balaban J connectivity index is 1.78. The molecule has 156 valence electrons. The van der Waals surface area contributed by atoms with Crippen molar-refractivity contribution in [1.29, 1.82) is 0 Å². The molecule has 4 heteroatoms. The smallest absolute Gasteiger partial charge is 0.254 e. The molecule has 0 unspecified atom stereocenters. The third-order valence-corrected chi connectivity index (χ3v) is 5.65. The molecule has 0 aliphatic carbocycles. The van der Waals surface area contributed by atoms with Crippen molar-refractivity contribution in [1.82, 2.24) is 0 Å². The van der Waals surface area contributed by atoms with E-state index in [-0.39, 0.29) is 18.4 Å². The fourth-order valence-electron chi connectivity index (χ4n) is 4.08. The Bertz CT molecular complexity index is 1110. The van der Waals surface area contributed by atoms with E-state index in [1.165, 1.54) is 0 Å². The van der Waals surface area contributed by atoms with Gasteiger partial charge in [0.05, 0.1) is 5.69 Å². The van der Waals surface area contributed by atoms with Gasteiger partial charge in [0.2, 0.25) is 5.91 Å². The molecule has 1 aliphatic rings. The summed E-state index contributed by atoms with van der Waals surface area (Å²) in [6.45, 7) is 5.97. The number of hydrogen-bond acceptors (Lipinski definition) is 2. The molecule has 3 aromatic carbocycles. The van der Waals surface area contributed by atoms with Crippen LogP contribution >= 0.6 is 0 Å². The van der Waals surface area contributed by atoms with E-state index < -0.39 is 6.04 Å². The summed E-state index contributed by atoms with van der Waals surface area (Å²) in [5, 5.41) is 0. The number of hydrogen-bond donors (Lipinski definition) is 0. The highest BCUT2D eigenvalue weighted by molar-refractivity contribution is 6.15. The van der Waals surface area contributed by atoms with Gasteiger partial charge in [-0.05, 0) is 49.6 Å². The van der Waals surface area contributed by atoms with Crippen LogP contribution in [-0.4, -0.2) is 24.4 Å². The highest BCUT2D eigenvalue weighted by atomic mass is 16.2. The summed E-state index contributed by atoms with van der Waals surface area (Å²) in [5.41, 5.74) is 5.60. The van der Waals surface area contributed by atoms with Crippen LogP contribution in [0.5, 0.6) is 0 Å². The van der Waals surface area contributed by atoms with Crippen molar-refractivity contribution in [2.24, 2.45) is 0 Å². The second kappa shape index (κ2) is 8.60. The number of aryl methyl sites for hydroxylation is 3. The Labute approximate surface area is 183 Å². The Hall–Kier alpha value is -3.66. The van der Waals surface area contributed by atoms with Crippen LogP contribution in [0.4, 0.5) is 11.4 Å². The number of anilines is 2.